The van der Waals surface area contributed by atoms with E-state index in [0.29, 0.717) is 19.8 Å². The van der Waals surface area contributed by atoms with Crippen molar-refractivity contribution in [2.45, 2.75) is 33.7 Å². The Morgan fingerprint density at radius 1 is 1.33 bits per heavy atom. The third-order valence-corrected chi connectivity index (χ3v) is 2.53. The zero-order chi connectivity index (χ0) is 14.1. The molecule has 0 radical (unpaired) electrons. The summed E-state index contributed by atoms with van der Waals surface area (Å²) in [6.45, 7) is 8.89. The number of nitrogens with zero attached hydrogens (tertiary/aromatic N) is 1. The van der Waals surface area contributed by atoms with E-state index in [2.05, 4.69) is 5.32 Å². The quantitative estimate of drug-likeness (QED) is 0.686. The molecule has 0 heterocycles. The van der Waals surface area contributed by atoms with Crippen LogP contribution in [0.25, 0.3) is 0 Å². The Bertz CT molecular complexity index is 271. The molecule has 0 fully saturated rings. The number of amides is 2. The monoisotopic (exact) mass is 260 g/mol. The molecule has 0 aliphatic heterocycles. The van der Waals surface area contributed by atoms with Crippen LogP contribution in [0.15, 0.2) is 0 Å². The van der Waals surface area contributed by atoms with Gasteiger partial charge in [0.05, 0.1) is 18.6 Å². The molecule has 106 valence electrons. The molecule has 0 spiro atoms. The molecule has 0 saturated carbocycles. The van der Waals surface area contributed by atoms with Crippen LogP contribution in [0.5, 0.6) is 0 Å². The molecule has 0 saturated heterocycles. The Kier molecular flexibility index (Phi) is 8.11. The van der Waals surface area contributed by atoms with Crippen molar-refractivity contribution in [1.82, 2.24) is 10.2 Å². The van der Waals surface area contributed by atoms with Gasteiger partial charge < -0.3 is 20.1 Å². The van der Waals surface area contributed by atoms with Crippen molar-refractivity contribution in [2.24, 2.45) is 5.92 Å². The molecule has 0 aromatic rings. The first-order chi connectivity index (χ1) is 8.42. The van der Waals surface area contributed by atoms with Gasteiger partial charge >= 0.3 is 12.0 Å². The van der Waals surface area contributed by atoms with Crippen LogP contribution in [0.4, 0.5) is 4.79 Å². The molecule has 2 amide bonds. The van der Waals surface area contributed by atoms with E-state index < -0.39 is 11.9 Å². The molecule has 0 aromatic carbocycles. The van der Waals surface area contributed by atoms with Gasteiger partial charge in [-0.05, 0) is 20.8 Å². The second-order valence-corrected chi connectivity index (χ2v) is 4.29. The number of hydrogen-bond donors (Lipinski definition) is 2. The number of ether oxygens (including phenoxy) is 1. The topological polar surface area (TPSA) is 78.9 Å². The first-order valence-corrected chi connectivity index (χ1v) is 6.28. The highest BCUT2D eigenvalue weighted by Gasteiger charge is 2.20. The first-order valence-electron chi connectivity index (χ1n) is 6.28. The van der Waals surface area contributed by atoms with Gasteiger partial charge in [-0.25, -0.2) is 4.79 Å². The van der Waals surface area contributed by atoms with Gasteiger partial charge in [0.1, 0.15) is 0 Å². The lowest BCUT2D eigenvalue weighted by Crippen LogP contribution is -2.47. The highest BCUT2D eigenvalue weighted by atomic mass is 16.5. The van der Waals surface area contributed by atoms with Gasteiger partial charge in [0.25, 0.3) is 0 Å². The number of urea groups is 1. The molecule has 6 nitrogen and oxygen atoms in total. The fourth-order valence-corrected chi connectivity index (χ4v) is 1.40. The number of carboxylic acids is 1. The van der Waals surface area contributed by atoms with Crippen molar-refractivity contribution < 1.29 is 19.4 Å². The van der Waals surface area contributed by atoms with Crippen LogP contribution in [0.2, 0.25) is 0 Å². The number of hydrogen-bond acceptors (Lipinski definition) is 3. The minimum Gasteiger partial charge on any atom is -0.481 e. The van der Waals surface area contributed by atoms with E-state index in [1.165, 1.54) is 4.90 Å². The van der Waals surface area contributed by atoms with Crippen LogP contribution in [0.1, 0.15) is 27.7 Å². The van der Waals surface area contributed by atoms with Gasteiger partial charge in [-0.15, -0.1) is 0 Å². The Morgan fingerprint density at radius 2 is 1.94 bits per heavy atom. The van der Waals surface area contributed by atoms with Gasteiger partial charge in [0, 0.05) is 19.7 Å². The Morgan fingerprint density at radius 3 is 2.39 bits per heavy atom. The molecule has 0 rings (SSSR count). The maximum absolute atomic E-state index is 11.9. The average molecular weight is 260 g/mol. The first kappa shape index (κ1) is 16.7. The summed E-state index contributed by atoms with van der Waals surface area (Å²) < 4.78 is 5.20. The lowest BCUT2D eigenvalue weighted by atomic mass is 10.2. The number of carboxylic acid groups (broad SMARTS) is 1. The third kappa shape index (κ3) is 6.44. The Hall–Kier alpha value is -1.30. The number of rotatable bonds is 8. The van der Waals surface area contributed by atoms with Crippen LogP contribution >= 0.6 is 0 Å². The van der Waals surface area contributed by atoms with Crippen LogP contribution in [0.3, 0.4) is 0 Å². The lowest BCUT2D eigenvalue weighted by molar-refractivity contribution is -0.141. The molecule has 0 aromatic heterocycles. The van der Waals surface area contributed by atoms with E-state index in [4.69, 9.17) is 9.84 Å². The maximum atomic E-state index is 11.9. The molecule has 18 heavy (non-hydrogen) atoms. The fourth-order valence-electron chi connectivity index (χ4n) is 1.40. The summed E-state index contributed by atoms with van der Waals surface area (Å²) in [5.41, 5.74) is 0. The number of carbonyl (C=O) groups excluding carboxylic acids is 1. The van der Waals surface area contributed by atoms with Gasteiger partial charge in [-0.2, -0.15) is 0 Å². The minimum atomic E-state index is -0.899. The van der Waals surface area contributed by atoms with E-state index in [1.54, 1.807) is 6.92 Å². The smallest absolute Gasteiger partial charge is 0.317 e. The SMILES string of the molecule is CCOCC(C)NC(=O)N(CC)CC(C)C(=O)O. The predicted octanol–water partition coefficient (Wildman–Crippen LogP) is 1.16. The standard InChI is InChI=1S/C12H24N2O4/c1-5-14(7-9(3)11(15)16)12(17)13-10(4)8-18-6-2/h9-10H,5-8H2,1-4H3,(H,13,17)(H,15,16). The average Bonchev–Trinajstić information content (AvgIpc) is 2.32. The third-order valence-electron chi connectivity index (χ3n) is 2.53. The van der Waals surface area contributed by atoms with Crippen LogP contribution in [-0.2, 0) is 9.53 Å². The predicted molar refractivity (Wildman–Crippen MR) is 68.5 cm³/mol. The van der Waals surface area contributed by atoms with Crippen molar-refractivity contribution in [1.29, 1.82) is 0 Å². The summed E-state index contributed by atoms with van der Waals surface area (Å²) in [6.07, 6.45) is 0. The minimum absolute atomic E-state index is 0.0911. The van der Waals surface area contributed by atoms with E-state index in [9.17, 15) is 9.59 Å². The molecule has 0 bridgehead atoms. The molecule has 6 heteroatoms. The second kappa shape index (κ2) is 8.74. The zero-order valence-electron chi connectivity index (χ0n) is 11.6. The van der Waals surface area contributed by atoms with Gasteiger partial charge in [0.2, 0.25) is 0 Å². The summed E-state index contributed by atoms with van der Waals surface area (Å²) in [4.78, 5) is 24.1. The van der Waals surface area contributed by atoms with Crippen molar-refractivity contribution >= 4 is 12.0 Å². The second-order valence-electron chi connectivity index (χ2n) is 4.29. The highest BCUT2D eigenvalue weighted by Crippen LogP contribution is 2.01. The van der Waals surface area contributed by atoms with Crippen LogP contribution in [0, 0.1) is 5.92 Å². The number of carbonyl (C=O) groups is 2. The van der Waals surface area contributed by atoms with Crippen molar-refractivity contribution in [2.75, 3.05) is 26.3 Å². The van der Waals surface area contributed by atoms with E-state index in [-0.39, 0.29) is 18.6 Å². The van der Waals surface area contributed by atoms with E-state index in [1.807, 2.05) is 20.8 Å². The normalized spacial score (nSPS) is 13.8. The summed E-state index contributed by atoms with van der Waals surface area (Å²) in [7, 11) is 0. The lowest BCUT2D eigenvalue weighted by Gasteiger charge is -2.25. The zero-order valence-corrected chi connectivity index (χ0v) is 11.6. The van der Waals surface area contributed by atoms with Crippen LogP contribution < -0.4 is 5.32 Å². The molecule has 0 aliphatic carbocycles. The molecule has 2 N–H and O–H groups in total. The van der Waals surface area contributed by atoms with Crippen molar-refractivity contribution in [3.8, 4) is 0 Å². The van der Waals surface area contributed by atoms with E-state index in [0.717, 1.165) is 0 Å². The molecular weight excluding hydrogens is 236 g/mol. The van der Waals surface area contributed by atoms with Crippen LogP contribution in [-0.4, -0.2) is 54.4 Å². The highest BCUT2D eigenvalue weighted by molar-refractivity contribution is 5.76. The Balaban J connectivity index is 4.22. The van der Waals surface area contributed by atoms with Gasteiger partial charge in [0.15, 0.2) is 0 Å². The summed E-state index contributed by atoms with van der Waals surface area (Å²) in [6, 6.07) is -0.343. The molecule has 2 unspecified atom stereocenters. The number of nitrogens with one attached hydrogen (secondary N) is 1. The Labute approximate surface area is 108 Å². The van der Waals surface area contributed by atoms with Crippen molar-refractivity contribution in [3.05, 3.63) is 0 Å². The summed E-state index contributed by atoms with van der Waals surface area (Å²) in [5, 5.41) is 11.6. The molecular formula is C12H24N2O4. The maximum Gasteiger partial charge on any atom is 0.317 e. The van der Waals surface area contributed by atoms with Gasteiger partial charge in [-0.1, -0.05) is 6.92 Å². The summed E-state index contributed by atoms with van der Waals surface area (Å²) >= 11 is 0. The number of aliphatic carboxylic acids is 1. The summed E-state index contributed by atoms with van der Waals surface area (Å²) in [5.74, 6) is -1.47. The van der Waals surface area contributed by atoms with Gasteiger partial charge in [-0.3, -0.25) is 4.79 Å². The molecule has 2 atom stereocenters. The van der Waals surface area contributed by atoms with Crippen molar-refractivity contribution in [3.63, 3.8) is 0 Å². The van der Waals surface area contributed by atoms with E-state index >= 15 is 0 Å². The largest absolute Gasteiger partial charge is 0.481 e. The fraction of sp³-hybridized carbons (Fsp3) is 0.833. The molecule has 0 aliphatic rings.